The zero-order valence-corrected chi connectivity index (χ0v) is 11.7. The Hall–Kier alpha value is -1.88. The molecular weight excluding hydrogens is 258 g/mol. The summed E-state index contributed by atoms with van der Waals surface area (Å²) in [5, 5.41) is 18.8. The number of benzene rings is 1. The fourth-order valence-corrected chi connectivity index (χ4v) is 2.50. The summed E-state index contributed by atoms with van der Waals surface area (Å²) in [4.78, 5) is 25.1. The molecule has 1 fully saturated rings. The summed E-state index contributed by atoms with van der Waals surface area (Å²) in [7, 11) is 0. The van der Waals surface area contributed by atoms with E-state index in [-0.39, 0.29) is 12.5 Å². The van der Waals surface area contributed by atoms with Gasteiger partial charge in [0.1, 0.15) is 5.92 Å². The van der Waals surface area contributed by atoms with Gasteiger partial charge in [-0.1, -0.05) is 17.7 Å². The van der Waals surface area contributed by atoms with Gasteiger partial charge < -0.3 is 15.1 Å². The van der Waals surface area contributed by atoms with E-state index in [0.29, 0.717) is 18.5 Å². The predicted molar refractivity (Wildman–Crippen MR) is 73.6 cm³/mol. The quantitative estimate of drug-likeness (QED) is 0.851. The van der Waals surface area contributed by atoms with Crippen LogP contribution < -0.4 is 0 Å². The highest BCUT2D eigenvalue weighted by Gasteiger charge is 2.35. The molecule has 2 N–H and O–H groups in total. The van der Waals surface area contributed by atoms with E-state index in [1.165, 1.54) is 4.90 Å². The number of aliphatic hydroxyl groups is 1. The molecule has 0 bridgehead atoms. The van der Waals surface area contributed by atoms with Gasteiger partial charge in [-0.3, -0.25) is 9.59 Å². The van der Waals surface area contributed by atoms with Crippen molar-refractivity contribution in [3.8, 4) is 0 Å². The van der Waals surface area contributed by atoms with Crippen molar-refractivity contribution in [3.63, 3.8) is 0 Å². The second-order valence-corrected chi connectivity index (χ2v) is 5.37. The Bertz CT molecular complexity index is 541. The van der Waals surface area contributed by atoms with Gasteiger partial charge >= 0.3 is 5.97 Å². The number of aliphatic carboxylic acids is 1. The van der Waals surface area contributed by atoms with Gasteiger partial charge in [0.2, 0.25) is 0 Å². The third-order valence-electron chi connectivity index (χ3n) is 3.80. The number of carbonyl (C=O) groups is 2. The molecule has 1 saturated heterocycles. The number of rotatable bonds is 2. The SMILES string of the molecule is Cc1ccc(C)c(C(=O)N2CC[C@@H](O)[C@H](C(=O)O)C2)c1. The molecule has 5 heteroatoms. The highest BCUT2D eigenvalue weighted by Crippen LogP contribution is 2.21. The van der Waals surface area contributed by atoms with Crippen LogP contribution in [-0.4, -0.2) is 46.2 Å². The van der Waals surface area contributed by atoms with Crippen LogP contribution in [0, 0.1) is 19.8 Å². The minimum absolute atomic E-state index is 0.0582. The van der Waals surface area contributed by atoms with E-state index in [4.69, 9.17) is 5.11 Å². The van der Waals surface area contributed by atoms with Crippen molar-refractivity contribution in [3.05, 3.63) is 34.9 Å². The maximum absolute atomic E-state index is 12.5. The molecule has 2 atom stereocenters. The lowest BCUT2D eigenvalue weighted by atomic mass is 9.94. The Labute approximate surface area is 117 Å². The molecule has 1 aromatic rings. The number of carboxylic acid groups (broad SMARTS) is 1. The first kappa shape index (κ1) is 14.5. The predicted octanol–water partition coefficient (Wildman–Crippen LogP) is 1.21. The van der Waals surface area contributed by atoms with Crippen molar-refractivity contribution in [1.82, 2.24) is 4.90 Å². The van der Waals surface area contributed by atoms with Crippen molar-refractivity contribution >= 4 is 11.9 Å². The monoisotopic (exact) mass is 277 g/mol. The molecule has 0 unspecified atom stereocenters. The number of hydrogen-bond donors (Lipinski definition) is 2. The van der Waals surface area contributed by atoms with Crippen LogP contribution in [0.4, 0.5) is 0 Å². The van der Waals surface area contributed by atoms with Gasteiger partial charge in [0.05, 0.1) is 6.10 Å². The second kappa shape index (κ2) is 5.63. The molecule has 0 radical (unpaired) electrons. The summed E-state index contributed by atoms with van der Waals surface area (Å²) in [6.07, 6.45) is -0.580. The molecule has 0 aliphatic carbocycles. The molecule has 1 aliphatic heterocycles. The average molecular weight is 277 g/mol. The summed E-state index contributed by atoms with van der Waals surface area (Å²) < 4.78 is 0. The smallest absolute Gasteiger partial charge is 0.310 e. The van der Waals surface area contributed by atoms with Crippen LogP contribution in [0.25, 0.3) is 0 Å². The molecule has 1 aliphatic rings. The van der Waals surface area contributed by atoms with E-state index >= 15 is 0 Å². The number of nitrogens with zero attached hydrogens (tertiary/aromatic N) is 1. The molecule has 108 valence electrons. The van der Waals surface area contributed by atoms with E-state index in [9.17, 15) is 14.7 Å². The molecule has 1 amide bonds. The molecule has 0 aromatic heterocycles. The minimum Gasteiger partial charge on any atom is -0.481 e. The minimum atomic E-state index is -1.06. The van der Waals surface area contributed by atoms with E-state index in [2.05, 4.69) is 0 Å². The number of amides is 1. The van der Waals surface area contributed by atoms with Gasteiger partial charge in [-0.25, -0.2) is 0 Å². The Balaban J connectivity index is 2.21. The maximum Gasteiger partial charge on any atom is 0.310 e. The number of hydrogen-bond acceptors (Lipinski definition) is 3. The largest absolute Gasteiger partial charge is 0.481 e. The van der Waals surface area contributed by atoms with E-state index < -0.39 is 18.0 Å². The summed E-state index contributed by atoms with van der Waals surface area (Å²) in [5.41, 5.74) is 2.47. The van der Waals surface area contributed by atoms with Gasteiger partial charge in [0.15, 0.2) is 0 Å². The lowest BCUT2D eigenvalue weighted by Gasteiger charge is -2.34. The Morgan fingerprint density at radius 3 is 2.65 bits per heavy atom. The number of carbonyl (C=O) groups excluding carboxylic acids is 1. The van der Waals surface area contributed by atoms with Crippen molar-refractivity contribution in [1.29, 1.82) is 0 Å². The standard InChI is InChI=1S/C15H19NO4/c1-9-3-4-10(2)11(7-9)14(18)16-6-5-13(17)12(8-16)15(19)20/h3-4,7,12-13,17H,5-6,8H2,1-2H3,(H,19,20)/t12-,13-/m1/s1. The van der Waals surface area contributed by atoms with Crippen LogP contribution >= 0.6 is 0 Å². The molecule has 0 spiro atoms. The lowest BCUT2D eigenvalue weighted by molar-refractivity contribution is -0.148. The molecule has 2 rings (SSSR count). The van der Waals surface area contributed by atoms with E-state index in [0.717, 1.165) is 11.1 Å². The van der Waals surface area contributed by atoms with Gasteiger partial charge in [-0.2, -0.15) is 0 Å². The number of likely N-dealkylation sites (tertiary alicyclic amines) is 1. The summed E-state index contributed by atoms with van der Waals surface area (Å²) >= 11 is 0. The highest BCUT2D eigenvalue weighted by atomic mass is 16.4. The molecule has 1 aromatic carbocycles. The summed E-state index contributed by atoms with van der Waals surface area (Å²) in [5.74, 6) is -2.13. The van der Waals surface area contributed by atoms with Crippen LogP contribution in [0.5, 0.6) is 0 Å². The summed E-state index contributed by atoms with van der Waals surface area (Å²) in [6, 6.07) is 5.64. The van der Waals surface area contributed by atoms with Crippen molar-refractivity contribution < 1.29 is 19.8 Å². The van der Waals surface area contributed by atoms with Crippen LogP contribution in [0.1, 0.15) is 27.9 Å². The third kappa shape index (κ3) is 2.82. The van der Waals surface area contributed by atoms with E-state index in [1.54, 1.807) is 0 Å². The fourth-order valence-electron chi connectivity index (χ4n) is 2.50. The first-order chi connectivity index (χ1) is 9.40. The molecule has 1 heterocycles. The molecule has 20 heavy (non-hydrogen) atoms. The third-order valence-corrected chi connectivity index (χ3v) is 3.80. The van der Waals surface area contributed by atoms with Crippen LogP contribution in [0.3, 0.4) is 0 Å². The van der Waals surface area contributed by atoms with Crippen LogP contribution in [0.2, 0.25) is 0 Å². The Morgan fingerprint density at radius 2 is 2.00 bits per heavy atom. The van der Waals surface area contributed by atoms with E-state index in [1.807, 2.05) is 32.0 Å². The van der Waals surface area contributed by atoms with Crippen LogP contribution in [0.15, 0.2) is 18.2 Å². The van der Waals surface area contributed by atoms with Gasteiger partial charge in [0, 0.05) is 18.7 Å². The van der Waals surface area contributed by atoms with Gasteiger partial charge in [-0.05, 0) is 31.9 Å². The van der Waals surface area contributed by atoms with Gasteiger partial charge in [0.25, 0.3) is 5.91 Å². The van der Waals surface area contributed by atoms with Gasteiger partial charge in [-0.15, -0.1) is 0 Å². The number of aliphatic hydroxyl groups excluding tert-OH is 1. The van der Waals surface area contributed by atoms with Crippen molar-refractivity contribution in [2.45, 2.75) is 26.4 Å². The average Bonchev–Trinajstić information content (AvgIpc) is 2.41. The summed E-state index contributed by atoms with van der Waals surface area (Å²) in [6.45, 7) is 4.22. The fraction of sp³-hybridized carbons (Fsp3) is 0.467. The molecular formula is C15H19NO4. The Kier molecular flexibility index (Phi) is 4.09. The van der Waals surface area contributed by atoms with Crippen molar-refractivity contribution in [2.75, 3.05) is 13.1 Å². The number of aryl methyl sites for hydroxylation is 2. The Morgan fingerprint density at radius 1 is 1.30 bits per heavy atom. The zero-order chi connectivity index (χ0) is 14.9. The number of piperidine rings is 1. The first-order valence-electron chi connectivity index (χ1n) is 6.67. The van der Waals surface area contributed by atoms with Crippen molar-refractivity contribution in [2.24, 2.45) is 5.92 Å². The molecule has 5 nitrogen and oxygen atoms in total. The maximum atomic E-state index is 12.5. The molecule has 0 saturated carbocycles. The number of carboxylic acids is 1. The highest BCUT2D eigenvalue weighted by molar-refractivity contribution is 5.96. The van der Waals surface area contributed by atoms with Crippen LogP contribution in [-0.2, 0) is 4.79 Å². The normalized spacial score (nSPS) is 22.6. The lowest BCUT2D eigenvalue weighted by Crippen LogP contribution is -2.48. The zero-order valence-electron chi connectivity index (χ0n) is 11.7. The topological polar surface area (TPSA) is 77.8 Å². The second-order valence-electron chi connectivity index (χ2n) is 5.37. The first-order valence-corrected chi connectivity index (χ1v) is 6.67.